The van der Waals surface area contributed by atoms with Crippen molar-refractivity contribution >= 4 is 40.1 Å². The Hall–Kier alpha value is -1.03. The van der Waals surface area contributed by atoms with Gasteiger partial charge in [-0.25, -0.2) is 4.68 Å². The molecule has 0 amide bonds. The van der Waals surface area contributed by atoms with E-state index in [0.29, 0.717) is 13.2 Å². The summed E-state index contributed by atoms with van der Waals surface area (Å²) >= 11 is 5.19. The molecule has 0 bridgehead atoms. The summed E-state index contributed by atoms with van der Waals surface area (Å²) in [5.74, 6) is 2.42. The van der Waals surface area contributed by atoms with E-state index in [0.717, 1.165) is 45.5 Å². The van der Waals surface area contributed by atoms with Gasteiger partial charge < -0.3 is 14.8 Å². The molecule has 1 aromatic heterocycles. The molecule has 1 N–H and O–H groups in total. The van der Waals surface area contributed by atoms with Crippen LogP contribution in [-0.2, 0) is 13.6 Å². The lowest BCUT2D eigenvalue weighted by Crippen LogP contribution is -2.17. The van der Waals surface area contributed by atoms with Crippen molar-refractivity contribution in [3.63, 3.8) is 0 Å². The SMILES string of the molecule is CCOc1cc(CNCCSc2nnnn2C)cc(Br)c1OCC.Cl. The fourth-order valence-corrected chi connectivity index (χ4v) is 3.41. The molecule has 0 aliphatic rings. The second-order valence-corrected chi connectivity index (χ2v) is 6.80. The summed E-state index contributed by atoms with van der Waals surface area (Å²) in [6.45, 7) is 6.74. The minimum absolute atomic E-state index is 0. The molecule has 1 aromatic carbocycles. The zero-order valence-corrected chi connectivity index (χ0v) is 17.7. The maximum absolute atomic E-state index is 5.69. The van der Waals surface area contributed by atoms with Crippen molar-refractivity contribution in [1.29, 1.82) is 0 Å². The maximum atomic E-state index is 5.69. The van der Waals surface area contributed by atoms with Crippen LogP contribution in [0, 0.1) is 0 Å². The van der Waals surface area contributed by atoms with E-state index in [2.05, 4.69) is 42.8 Å². The van der Waals surface area contributed by atoms with Gasteiger partial charge in [0.25, 0.3) is 0 Å². The molecule has 1 heterocycles. The third-order valence-electron chi connectivity index (χ3n) is 3.08. The first-order valence-corrected chi connectivity index (χ1v) is 9.57. The highest BCUT2D eigenvalue weighted by molar-refractivity contribution is 9.10. The molecule has 10 heteroatoms. The average Bonchev–Trinajstić information content (AvgIpc) is 2.96. The Morgan fingerprint density at radius 3 is 2.64 bits per heavy atom. The van der Waals surface area contributed by atoms with E-state index >= 15 is 0 Å². The second kappa shape index (κ2) is 11.6. The number of tetrazole rings is 1. The molecule has 140 valence electrons. The van der Waals surface area contributed by atoms with Gasteiger partial charge in [0.2, 0.25) is 5.16 Å². The van der Waals surface area contributed by atoms with E-state index in [1.807, 2.05) is 27.0 Å². The molecule has 7 nitrogen and oxygen atoms in total. The number of hydrogen-bond acceptors (Lipinski definition) is 7. The van der Waals surface area contributed by atoms with Crippen LogP contribution in [-0.4, -0.2) is 45.7 Å². The third-order valence-corrected chi connectivity index (χ3v) is 4.68. The Bertz CT molecular complexity index is 659. The molecule has 0 saturated carbocycles. The Kier molecular flexibility index (Phi) is 10.2. The van der Waals surface area contributed by atoms with Gasteiger partial charge in [0.05, 0.1) is 17.7 Å². The molecule has 25 heavy (non-hydrogen) atoms. The van der Waals surface area contributed by atoms with Gasteiger partial charge in [0, 0.05) is 25.9 Å². The zero-order valence-electron chi connectivity index (χ0n) is 14.5. The number of rotatable bonds is 10. The van der Waals surface area contributed by atoms with E-state index in [9.17, 15) is 0 Å². The van der Waals surface area contributed by atoms with Crippen LogP contribution in [0.1, 0.15) is 19.4 Å². The quantitative estimate of drug-likeness (QED) is 0.438. The number of thioether (sulfide) groups is 1. The summed E-state index contributed by atoms with van der Waals surface area (Å²) in [5, 5.41) is 15.6. The lowest BCUT2D eigenvalue weighted by molar-refractivity contribution is 0.286. The number of aryl methyl sites for hydroxylation is 1. The molecule has 0 aliphatic heterocycles. The van der Waals surface area contributed by atoms with Gasteiger partial charge in [-0.2, -0.15) is 0 Å². The Balaban J connectivity index is 0.00000312. The van der Waals surface area contributed by atoms with Crippen LogP contribution in [0.5, 0.6) is 11.5 Å². The third kappa shape index (κ3) is 6.65. The molecule has 2 aromatic rings. The second-order valence-electron chi connectivity index (χ2n) is 4.88. The molecular weight excluding hydrogens is 430 g/mol. The molecule has 0 saturated heterocycles. The van der Waals surface area contributed by atoms with Gasteiger partial charge in [0.1, 0.15) is 0 Å². The summed E-state index contributed by atoms with van der Waals surface area (Å²) in [5.41, 5.74) is 1.14. The van der Waals surface area contributed by atoms with Crippen molar-refractivity contribution in [2.75, 3.05) is 25.5 Å². The summed E-state index contributed by atoms with van der Waals surface area (Å²) in [7, 11) is 1.84. The predicted molar refractivity (Wildman–Crippen MR) is 105 cm³/mol. The lowest BCUT2D eigenvalue weighted by Gasteiger charge is -2.15. The number of benzene rings is 1. The average molecular weight is 453 g/mol. The Morgan fingerprint density at radius 2 is 2.00 bits per heavy atom. The van der Waals surface area contributed by atoms with Gasteiger partial charge in [-0.05, 0) is 57.9 Å². The highest BCUT2D eigenvalue weighted by atomic mass is 79.9. The summed E-state index contributed by atoms with van der Waals surface area (Å²) in [6, 6.07) is 4.08. The van der Waals surface area contributed by atoms with Crippen molar-refractivity contribution in [1.82, 2.24) is 25.5 Å². The molecule has 0 spiro atoms. The first kappa shape index (κ1) is 22.0. The van der Waals surface area contributed by atoms with E-state index in [4.69, 9.17) is 9.47 Å². The normalized spacial score (nSPS) is 10.4. The lowest BCUT2D eigenvalue weighted by atomic mass is 10.2. The molecule has 0 fully saturated rings. The number of nitrogens with zero attached hydrogens (tertiary/aromatic N) is 4. The summed E-state index contributed by atoms with van der Waals surface area (Å²) in [6.07, 6.45) is 0. The van der Waals surface area contributed by atoms with Gasteiger partial charge in [0.15, 0.2) is 11.5 Å². The minimum Gasteiger partial charge on any atom is -0.490 e. The first-order chi connectivity index (χ1) is 11.7. The van der Waals surface area contributed by atoms with Gasteiger partial charge in [-0.1, -0.05) is 11.8 Å². The fourth-order valence-electron chi connectivity index (χ4n) is 2.06. The first-order valence-electron chi connectivity index (χ1n) is 7.79. The fraction of sp³-hybridized carbons (Fsp3) is 0.533. The van der Waals surface area contributed by atoms with Crippen LogP contribution < -0.4 is 14.8 Å². The Morgan fingerprint density at radius 1 is 1.24 bits per heavy atom. The van der Waals surface area contributed by atoms with Crippen molar-refractivity contribution in [2.24, 2.45) is 7.05 Å². The minimum atomic E-state index is 0. The molecular formula is C15H23BrClN5O2S. The summed E-state index contributed by atoms with van der Waals surface area (Å²) in [4.78, 5) is 0. The van der Waals surface area contributed by atoms with Crippen LogP contribution in [0.2, 0.25) is 0 Å². The van der Waals surface area contributed by atoms with Crippen LogP contribution in [0.15, 0.2) is 21.8 Å². The van der Waals surface area contributed by atoms with E-state index in [-0.39, 0.29) is 12.4 Å². The van der Waals surface area contributed by atoms with Gasteiger partial charge in [-0.3, -0.25) is 0 Å². The van der Waals surface area contributed by atoms with Gasteiger partial charge in [-0.15, -0.1) is 17.5 Å². The molecule has 2 rings (SSSR count). The van der Waals surface area contributed by atoms with Gasteiger partial charge >= 0.3 is 0 Å². The molecule has 0 unspecified atom stereocenters. The smallest absolute Gasteiger partial charge is 0.209 e. The maximum Gasteiger partial charge on any atom is 0.209 e. The number of aromatic nitrogens is 4. The topological polar surface area (TPSA) is 74.1 Å². The number of halogens is 2. The van der Waals surface area contributed by atoms with Crippen LogP contribution in [0.25, 0.3) is 0 Å². The Labute approximate surface area is 166 Å². The van der Waals surface area contributed by atoms with E-state index in [1.54, 1.807) is 16.4 Å². The van der Waals surface area contributed by atoms with Crippen molar-refractivity contribution in [3.8, 4) is 11.5 Å². The zero-order chi connectivity index (χ0) is 17.4. The number of ether oxygens (including phenoxy) is 2. The number of hydrogen-bond donors (Lipinski definition) is 1. The predicted octanol–water partition coefficient (Wildman–Crippen LogP) is 3.07. The summed E-state index contributed by atoms with van der Waals surface area (Å²) < 4.78 is 13.9. The van der Waals surface area contributed by atoms with E-state index < -0.39 is 0 Å². The highest BCUT2D eigenvalue weighted by Gasteiger charge is 2.11. The molecule has 0 radical (unpaired) electrons. The monoisotopic (exact) mass is 451 g/mol. The largest absolute Gasteiger partial charge is 0.490 e. The highest BCUT2D eigenvalue weighted by Crippen LogP contribution is 2.36. The van der Waals surface area contributed by atoms with Crippen molar-refractivity contribution < 1.29 is 9.47 Å². The number of nitrogens with one attached hydrogen (secondary N) is 1. The van der Waals surface area contributed by atoms with Crippen LogP contribution >= 0.6 is 40.1 Å². The van der Waals surface area contributed by atoms with E-state index in [1.165, 1.54) is 0 Å². The standard InChI is InChI=1S/C15H22BrN5O2S.ClH/c1-4-22-13-9-11(8-12(16)14(13)23-5-2)10-17-6-7-24-15-18-19-20-21(15)3;/h8-9,17H,4-7,10H2,1-3H3;1H. The molecule has 0 aliphatic carbocycles. The molecule has 0 atom stereocenters. The van der Waals surface area contributed by atoms with Crippen molar-refractivity contribution in [3.05, 3.63) is 22.2 Å². The van der Waals surface area contributed by atoms with Crippen LogP contribution in [0.4, 0.5) is 0 Å². The van der Waals surface area contributed by atoms with Crippen LogP contribution in [0.3, 0.4) is 0 Å². The van der Waals surface area contributed by atoms with Crippen molar-refractivity contribution in [2.45, 2.75) is 25.5 Å².